The minimum absolute atomic E-state index is 0.142. The molecule has 2 heterocycles. The molecule has 1 N–H and O–H groups in total. The molecule has 27 heavy (non-hydrogen) atoms. The van der Waals surface area contributed by atoms with Gasteiger partial charge in [0.2, 0.25) is 17.7 Å². The van der Waals surface area contributed by atoms with E-state index in [1.807, 2.05) is 6.07 Å². The lowest BCUT2D eigenvalue weighted by molar-refractivity contribution is -0.138. The van der Waals surface area contributed by atoms with Crippen molar-refractivity contribution in [3.05, 3.63) is 39.4 Å². The van der Waals surface area contributed by atoms with E-state index in [0.29, 0.717) is 30.4 Å². The fourth-order valence-corrected chi connectivity index (χ4v) is 3.30. The van der Waals surface area contributed by atoms with Crippen molar-refractivity contribution < 1.29 is 14.4 Å². The molecule has 8 nitrogen and oxygen atoms in total. The molecule has 0 atom stereocenters. The molecule has 2 aromatic rings. The van der Waals surface area contributed by atoms with Gasteiger partial charge in [0.1, 0.15) is 0 Å². The van der Waals surface area contributed by atoms with E-state index in [-0.39, 0.29) is 49.1 Å². The summed E-state index contributed by atoms with van der Waals surface area (Å²) in [7, 11) is 0. The number of likely N-dealkylation sites (tertiary alicyclic amines) is 1. The van der Waals surface area contributed by atoms with Crippen molar-refractivity contribution in [2.45, 2.75) is 32.2 Å². The first kappa shape index (κ1) is 19.2. The summed E-state index contributed by atoms with van der Waals surface area (Å²) in [5.41, 5.74) is 0.412. The molecule has 1 aromatic carbocycles. The zero-order valence-electron chi connectivity index (χ0n) is 14.6. The number of hydrogen-bond acceptors (Lipinski definition) is 5. The van der Waals surface area contributed by atoms with Gasteiger partial charge in [-0.05, 0) is 24.6 Å². The number of rotatable bonds is 7. The number of amides is 3. The number of carbonyl (C=O) groups excluding carboxylic acids is 3. The predicted molar refractivity (Wildman–Crippen MR) is 102 cm³/mol. The second-order valence-electron chi connectivity index (χ2n) is 6.30. The standard InChI is InChI=1S/C18H19BrN4O4/c19-12-2-3-14-13(10-12)18(27)22(11-21-14)9-6-15(24)20-7-1-8-23-16(25)4-5-17(23)26/h2-3,10-11H,1,4-9H2,(H,20,24). The van der Waals surface area contributed by atoms with Crippen molar-refractivity contribution in [3.8, 4) is 0 Å². The summed E-state index contributed by atoms with van der Waals surface area (Å²) in [6, 6.07) is 5.28. The van der Waals surface area contributed by atoms with Gasteiger partial charge >= 0.3 is 0 Å². The second-order valence-corrected chi connectivity index (χ2v) is 7.21. The summed E-state index contributed by atoms with van der Waals surface area (Å²) in [6.07, 6.45) is 2.64. The maximum Gasteiger partial charge on any atom is 0.261 e. The van der Waals surface area contributed by atoms with E-state index >= 15 is 0 Å². The summed E-state index contributed by atoms with van der Waals surface area (Å²) in [6.45, 7) is 0.914. The van der Waals surface area contributed by atoms with E-state index in [1.165, 1.54) is 15.8 Å². The Labute approximate surface area is 163 Å². The summed E-state index contributed by atoms with van der Waals surface area (Å²) >= 11 is 3.33. The Kier molecular flexibility index (Phi) is 6.00. The average molecular weight is 435 g/mol. The Morgan fingerprint density at radius 1 is 1.15 bits per heavy atom. The molecule has 3 amide bonds. The molecule has 0 aliphatic carbocycles. The lowest BCUT2D eigenvalue weighted by Gasteiger charge is -2.13. The van der Waals surface area contributed by atoms with Crippen LogP contribution >= 0.6 is 15.9 Å². The average Bonchev–Trinajstić information content (AvgIpc) is 2.97. The molecule has 0 unspecified atom stereocenters. The highest BCUT2D eigenvalue weighted by Gasteiger charge is 2.27. The van der Waals surface area contributed by atoms with E-state index in [4.69, 9.17) is 0 Å². The molecule has 1 aliphatic heterocycles. The van der Waals surface area contributed by atoms with Crippen LogP contribution in [0.15, 0.2) is 33.8 Å². The lowest BCUT2D eigenvalue weighted by Crippen LogP contribution is -2.33. The third-order valence-corrected chi connectivity index (χ3v) is 4.89. The van der Waals surface area contributed by atoms with Crippen LogP contribution in [0.5, 0.6) is 0 Å². The van der Waals surface area contributed by atoms with E-state index in [1.54, 1.807) is 12.1 Å². The Hall–Kier alpha value is -2.55. The number of imide groups is 1. The number of halogens is 1. The van der Waals surface area contributed by atoms with Crippen LogP contribution in [0, 0.1) is 0 Å². The van der Waals surface area contributed by atoms with Gasteiger partial charge in [-0.15, -0.1) is 0 Å². The minimum atomic E-state index is -0.199. The number of benzene rings is 1. The maximum absolute atomic E-state index is 12.5. The highest BCUT2D eigenvalue weighted by Crippen LogP contribution is 2.15. The van der Waals surface area contributed by atoms with Crippen LogP contribution in [-0.4, -0.2) is 45.3 Å². The Morgan fingerprint density at radius 3 is 2.63 bits per heavy atom. The van der Waals surface area contributed by atoms with Crippen molar-refractivity contribution in [1.29, 1.82) is 0 Å². The summed E-state index contributed by atoms with van der Waals surface area (Å²) in [5.74, 6) is -0.502. The van der Waals surface area contributed by atoms with Crippen LogP contribution in [-0.2, 0) is 20.9 Å². The first-order valence-electron chi connectivity index (χ1n) is 8.70. The molecule has 0 saturated carbocycles. The van der Waals surface area contributed by atoms with Crippen molar-refractivity contribution in [2.75, 3.05) is 13.1 Å². The molecular weight excluding hydrogens is 416 g/mol. The number of carbonyl (C=O) groups is 3. The van der Waals surface area contributed by atoms with Gasteiger partial charge in [0.25, 0.3) is 5.56 Å². The highest BCUT2D eigenvalue weighted by molar-refractivity contribution is 9.10. The molecule has 1 aliphatic rings. The summed E-state index contributed by atoms with van der Waals surface area (Å²) < 4.78 is 2.20. The van der Waals surface area contributed by atoms with E-state index in [2.05, 4.69) is 26.2 Å². The molecule has 9 heteroatoms. The number of aryl methyl sites for hydroxylation is 1. The lowest BCUT2D eigenvalue weighted by atomic mass is 10.2. The van der Waals surface area contributed by atoms with Crippen LogP contribution in [0.1, 0.15) is 25.7 Å². The molecular formula is C18H19BrN4O4. The number of aromatic nitrogens is 2. The zero-order chi connectivity index (χ0) is 19.4. The Morgan fingerprint density at radius 2 is 1.89 bits per heavy atom. The first-order chi connectivity index (χ1) is 13.0. The topological polar surface area (TPSA) is 101 Å². The zero-order valence-corrected chi connectivity index (χ0v) is 16.2. The fraction of sp³-hybridized carbons (Fsp3) is 0.389. The van der Waals surface area contributed by atoms with Crippen LogP contribution < -0.4 is 10.9 Å². The number of nitrogens with zero attached hydrogens (tertiary/aromatic N) is 3. The molecule has 0 radical (unpaired) electrons. The number of fused-ring (bicyclic) bond motifs is 1. The maximum atomic E-state index is 12.5. The van der Waals surface area contributed by atoms with E-state index < -0.39 is 0 Å². The third kappa shape index (κ3) is 4.60. The van der Waals surface area contributed by atoms with Gasteiger partial charge in [0, 0.05) is 43.4 Å². The van der Waals surface area contributed by atoms with E-state index in [9.17, 15) is 19.2 Å². The van der Waals surface area contributed by atoms with Gasteiger partial charge < -0.3 is 5.32 Å². The van der Waals surface area contributed by atoms with Gasteiger partial charge in [-0.25, -0.2) is 4.98 Å². The molecule has 1 aromatic heterocycles. The molecule has 1 fully saturated rings. The summed E-state index contributed by atoms with van der Waals surface area (Å²) in [4.78, 5) is 52.9. The minimum Gasteiger partial charge on any atom is -0.356 e. The van der Waals surface area contributed by atoms with E-state index in [0.717, 1.165) is 4.47 Å². The van der Waals surface area contributed by atoms with Crippen LogP contribution in [0.3, 0.4) is 0 Å². The summed E-state index contributed by atoms with van der Waals surface area (Å²) in [5, 5.41) is 3.23. The van der Waals surface area contributed by atoms with Crippen LogP contribution in [0.2, 0.25) is 0 Å². The molecule has 1 saturated heterocycles. The molecule has 142 valence electrons. The monoisotopic (exact) mass is 434 g/mol. The predicted octanol–water partition coefficient (Wildman–Crippen LogP) is 1.20. The van der Waals surface area contributed by atoms with Crippen molar-refractivity contribution in [1.82, 2.24) is 19.8 Å². The number of nitrogens with one attached hydrogen (secondary N) is 1. The Bertz CT molecular complexity index is 940. The van der Waals surface area contributed by atoms with Crippen molar-refractivity contribution >= 4 is 44.6 Å². The van der Waals surface area contributed by atoms with Crippen molar-refractivity contribution in [2.24, 2.45) is 0 Å². The van der Waals surface area contributed by atoms with Gasteiger partial charge in [0.15, 0.2) is 0 Å². The number of hydrogen-bond donors (Lipinski definition) is 1. The van der Waals surface area contributed by atoms with Gasteiger partial charge in [-0.3, -0.25) is 28.6 Å². The van der Waals surface area contributed by atoms with Crippen LogP contribution in [0.25, 0.3) is 10.9 Å². The van der Waals surface area contributed by atoms with Gasteiger partial charge in [-0.1, -0.05) is 15.9 Å². The molecule has 3 rings (SSSR count). The SMILES string of the molecule is O=C(CCn1cnc2ccc(Br)cc2c1=O)NCCCN1C(=O)CCC1=O. The highest BCUT2D eigenvalue weighted by atomic mass is 79.9. The quantitative estimate of drug-likeness (QED) is 0.521. The smallest absolute Gasteiger partial charge is 0.261 e. The fourth-order valence-electron chi connectivity index (χ4n) is 2.94. The second kappa shape index (κ2) is 8.43. The Balaban J connectivity index is 1.47. The molecule has 0 spiro atoms. The normalized spacial score (nSPS) is 14.2. The van der Waals surface area contributed by atoms with Gasteiger partial charge in [-0.2, -0.15) is 0 Å². The van der Waals surface area contributed by atoms with Gasteiger partial charge in [0.05, 0.1) is 17.2 Å². The molecule has 0 bridgehead atoms. The van der Waals surface area contributed by atoms with Crippen LogP contribution in [0.4, 0.5) is 0 Å². The van der Waals surface area contributed by atoms with Crippen molar-refractivity contribution in [3.63, 3.8) is 0 Å². The largest absolute Gasteiger partial charge is 0.356 e. The first-order valence-corrected chi connectivity index (χ1v) is 9.49. The third-order valence-electron chi connectivity index (χ3n) is 4.40.